The number of anilines is 1. The minimum Gasteiger partial charge on any atom is -0.507 e. The molecule has 7 nitrogen and oxygen atoms in total. The largest absolute Gasteiger partial charge is 0.507 e. The van der Waals surface area contributed by atoms with Gasteiger partial charge in [0.25, 0.3) is 11.7 Å². The molecule has 1 aliphatic heterocycles. The molecular weight excluding hydrogens is 442 g/mol. The van der Waals surface area contributed by atoms with Crippen LogP contribution in [0.1, 0.15) is 22.0 Å². The Hall–Kier alpha value is -3.78. The van der Waals surface area contributed by atoms with Crippen LogP contribution in [-0.4, -0.2) is 38.1 Å². The van der Waals surface area contributed by atoms with Crippen LogP contribution in [0.4, 0.5) is 5.69 Å². The maximum Gasteiger partial charge on any atom is 0.300 e. The number of hydrogen-bond acceptors (Lipinski definition) is 7. The lowest BCUT2D eigenvalue weighted by atomic mass is 9.98. The Bertz CT molecular complexity index is 1260. The molecule has 1 saturated heterocycles. The summed E-state index contributed by atoms with van der Waals surface area (Å²) < 4.78 is 16.0. The molecule has 1 aromatic heterocycles. The lowest BCUT2D eigenvalue weighted by Gasteiger charge is -2.25. The molecule has 1 fully saturated rings. The molecule has 0 spiro atoms. The van der Waals surface area contributed by atoms with Gasteiger partial charge in [-0.3, -0.25) is 14.5 Å². The second-order valence-electron chi connectivity index (χ2n) is 7.41. The number of thiophene rings is 1. The highest BCUT2D eigenvalue weighted by Gasteiger charge is 2.48. The normalized spacial score (nSPS) is 17.3. The van der Waals surface area contributed by atoms with E-state index in [0.29, 0.717) is 28.5 Å². The van der Waals surface area contributed by atoms with E-state index in [-0.39, 0.29) is 11.3 Å². The van der Waals surface area contributed by atoms with Crippen LogP contribution in [0, 0.1) is 6.92 Å². The van der Waals surface area contributed by atoms with Gasteiger partial charge in [-0.25, -0.2) is 0 Å². The smallest absolute Gasteiger partial charge is 0.300 e. The number of rotatable bonds is 6. The molecule has 2 heterocycles. The van der Waals surface area contributed by atoms with E-state index in [2.05, 4.69) is 0 Å². The van der Waals surface area contributed by atoms with Gasteiger partial charge >= 0.3 is 0 Å². The van der Waals surface area contributed by atoms with E-state index in [1.54, 1.807) is 42.5 Å². The van der Waals surface area contributed by atoms with Gasteiger partial charge in [0.05, 0.1) is 26.9 Å². The summed E-state index contributed by atoms with van der Waals surface area (Å²) >= 11 is 1.42. The Labute approximate surface area is 195 Å². The zero-order valence-electron chi connectivity index (χ0n) is 18.6. The average Bonchev–Trinajstić information content (AvgIpc) is 3.38. The average molecular weight is 466 g/mol. The highest BCUT2D eigenvalue weighted by Crippen LogP contribution is 2.46. The summed E-state index contributed by atoms with van der Waals surface area (Å²) in [4.78, 5) is 28.7. The van der Waals surface area contributed by atoms with E-state index in [1.807, 2.05) is 18.4 Å². The number of carbonyl (C=O) groups is 2. The van der Waals surface area contributed by atoms with Gasteiger partial charge in [-0.2, -0.15) is 0 Å². The number of methoxy groups -OCH3 is 3. The van der Waals surface area contributed by atoms with E-state index in [4.69, 9.17) is 14.2 Å². The van der Waals surface area contributed by atoms with E-state index in [9.17, 15) is 14.7 Å². The van der Waals surface area contributed by atoms with Gasteiger partial charge in [-0.05, 0) is 48.2 Å². The number of ether oxygens (including phenoxy) is 3. The van der Waals surface area contributed by atoms with Crippen LogP contribution in [0.25, 0.3) is 5.76 Å². The first kappa shape index (κ1) is 22.4. The summed E-state index contributed by atoms with van der Waals surface area (Å²) in [6.45, 7) is 1.91. The number of benzene rings is 2. The number of nitrogens with zero attached hydrogens (tertiary/aromatic N) is 1. The van der Waals surface area contributed by atoms with Crippen LogP contribution >= 0.6 is 11.3 Å². The standard InChI is InChI=1S/C25H23NO6S/c1-14-10-11-33-24(14)21-20(22(27)15-6-5-7-17(12-15)30-2)23(28)25(29)26(21)16-8-9-18(31-3)19(13-16)32-4/h5-13,21,27H,1-4H3/b22-20-. The van der Waals surface area contributed by atoms with Gasteiger partial charge in [0.15, 0.2) is 11.5 Å². The molecule has 1 unspecified atom stereocenters. The summed E-state index contributed by atoms with van der Waals surface area (Å²) in [6, 6.07) is 12.9. The maximum atomic E-state index is 13.3. The van der Waals surface area contributed by atoms with Crippen molar-refractivity contribution in [2.45, 2.75) is 13.0 Å². The van der Waals surface area contributed by atoms with Gasteiger partial charge in [0, 0.05) is 22.2 Å². The van der Waals surface area contributed by atoms with Crippen molar-refractivity contribution in [1.82, 2.24) is 0 Å². The summed E-state index contributed by atoms with van der Waals surface area (Å²) in [5.41, 5.74) is 1.78. The van der Waals surface area contributed by atoms with Gasteiger partial charge < -0.3 is 19.3 Å². The van der Waals surface area contributed by atoms with Crippen LogP contribution in [0.2, 0.25) is 0 Å². The maximum absolute atomic E-state index is 13.3. The molecule has 170 valence electrons. The van der Waals surface area contributed by atoms with Crippen molar-refractivity contribution in [3.8, 4) is 17.2 Å². The number of ketones is 1. The Morgan fingerprint density at radius 3 is 2.36 bits per heavy atom. The van der Waals surface area contributed by atoms with Crippen molar-refractivity contribution in [1.29, 1.82) is 0 Å². The van der Waals surface area contributed by atoms with E-state index in [0.717, 1.165) is 10.4 Å². The molecule has 33 heavy (non-hydrogen) atoms. The fourth-order valence-electron chi connectivity index (χ4n) is 3.91. The van der Waals surface area contributed by atoms with Crippen molar-refractivity contribution < 1.29 is 28.9 Å². The molecule has 1 atom stereocenters. The van der Waals surface area contributed by atoms with Crippen molar-refractivity contribution in [2.24, 2.45) is 0 Å². The topological polar surface area (TPSA) is 85.3 Å². The fourth-order valence-corrected chi connectivity index (χ4v) is 4.94. The Kier molecular flexibility index (Phi) is 6.11. The number of hydrogen-bond donors (Lipinski definition) is 1. The Morgan fingerprint density at radius 2 is 1.73 bits per heavy atom. The minimum absolute atomic E-state index is 0.0218. The van der Waals surface area contributed by atoms with Gasteiger partial charge in [-0.15, -0.1) is 11.3 Å². The molecule has 1 amide bonds. The van der Waals surface area contributed by atoms with E-state index >= 15 is 0 Å². The minimum atomic E-state index is -0.797. The second-order valence-corrected chi connectivity index (χ2v) is 8.36. The second kappa shape index (κ2) is 8.99. The van der Waals surface area contributed by atoms with Gasteiger partial charge in [-0.1, -0.05) is 12.1 Å². The molecule has 0 bridgehead atoms. The van der Waals surface area contributed by atoms with Gasteiger partial charge in [0.2, 0.25) is 0 Å². The zero-order chi connectivity index (χ0) is 23.7. The van der Waals surface area contributed by atoms with Crippen molar-refractivity contribution in [2.75, 3.05) is 26.2 Å². The lowest BCUT2D eigenvalue weighted by Crippen LogP contribution is -2.29. The molecule has 0 saturated carbocycles. The van der Waals surface area contributed by atoms with Crippen molar-refractivity contribution >= 4 is 34.5 Å². The SMILES string of the molecule is COc1cccc(/C(O)=C2/C(=O)C(=O)N(c3ccc(OC)c(OC)c3)C2c2sccc2C)c1. The number of carbonyl (C=O) groups excluding carboxylic acids is 2. The number of aliphatic hydroxyl groups is 1. The molecular formula is C25H23NO6S. The number of amides is 1. The van der Waals surface area contributed by atoms with Crippen molar-refractivity contribution in [3.05, 3.63) is 75.5 Å². The van der Waals surface area contributed by atoms with E-state index < -0.39 is 17.7 Å². The van der Waals surface area contributed by atoms with Crippen LogP contribution in [0.3, 0.4) is 0 Å². The predicted octanol–water partition coefficient (Wildman–Crippen LogP) is 4.71. The number of aliphatic hydroxyl groups excluding tert-OH is 1. The summed E-state index contributed by atoms with van der Waals surface area (Å²) in [5.74, 6) is -0.304. The van der Waals surface area contributed by atoms with Crippen LogP contribution in [0.5, 0.6) is 17.2 Å². The highest BCUT2D eigenvalue weighted by molar-refractivity contribution is 7.10. The van der Waals surface area contributed by atoms with Crippen LogP contribution in [-0.2, 0) is 9.59 Å². The molecule has 1 aliphatic rings. The predicted molar refractivity (Wildman–Crippen MR) is 126 cm³/mol. The molecule has 0 radical (unpaired) electrons. The molecule has 1 N–H and O–H groups in total. The quantitative estimate of drug-likeness (QED) is 0.322. The first-order chi connectivity index (χ1) is 15.9. The third kappa shape index (κ3) is 3.82. The molecule has 8 heteroatoms. The van der Waals surface area contributed by atoms with Crippen LogP contribution in [0.15, 0.2) is 59.5 Å². The lowest BCUT2D eigenvalue weighted by molar-refractivity contribution is -0.132. The van der Waals surface area contributed by atoms with E-state index in [1.165, 1.54) is 37.6 Å². The third-order valence-corrected chi connectivity index (χ3v) is 6.65. The highest BCUT2D eigenvalue weighted by atomic mass is 32.1. The first-order valence-electron chi connectivity index (χ1n) is 10.1. The number of aryl methyl sites for hydroxylation is 1. The summed E-state index contributed by atoms with van der Waals surface area (Å²) in [5, 5.41) is 13.1. The Morgan fingerprint density at radius 1 is 0.970 bits per heavy atom. The monoisotopic (exact) mass is 465 g/mol. The fraction of sp³-hybridized carbons (Fsp3) is 0.200. The third-order valence-electron chi connectivity index (χ3n) is 5.58. The van der Waals surface area contributed by atoms with Crippen LogP contribution < -0.4 is 19.1 Å². The first-order valence-corrected chi connectivity index (χ1v) is 11.0. The molecule has 0 aliphatic carbocycles. The van der Waals surface area contributed by atoms with Crippen molar-refractivity contribution in [3.63, 3.8) is 0 Å². The summed E-state index contributed by atoms with van der Waals surface area (Å²) in [6.07, 6.45) is 0. The summed E-state index contributed by atoms with van der Waals surface area (Å²) in [7, 11) is 4.54. The Balaban J connectivity index is 1.94. The zero-order valence-corrected chi connectivity index (χ0v) is 19.4. The molecule has 4 rings (SSSR count). The number of Topliss-reactive ketones (excluding diaryl/α,β-unsaturated/α-hetero) is 1. The molecule has 3 aromatic rings. The van der Waals surface area contributed by atoms with Gasteiger partial charge in [0.1, 0.15) is 17.6 Å². The molecule has 2 aromatic carbocycles.